The van der Waals surface area contributed by atoms with E-state index < -0.39 is 0 Å². The summed E-state index contributed by atoms with van der Waals surface area (Å²) in [6, 6.07) is 7.79. The van der Waals surface area contributed by atoms with Gasteiger partial charge >= 0.3 is 0 Å². The molecule has 0 unspecified atom stereocenters. The van der Waals surface area contributed by atoms with E-state index in [1.54, 1.807) is 12.1 Å². The topological polar surface area (TPSA) is 38.1 Å². The average molecular weight is 430 g/mol. The molecule has 1 saturated heterocycles. The summed E-state index contributed by atoms with van der Waals surface area (Å²) in [5, 5.41) is 0.998. The minimum Gasteiger partial charge on any atom is -0.339 e. The number of aromatic nitrogens is 2. The maximum atomic E-state index is 13.0. The third-order valence-electron chi connectivity index (χ3n) is 5.81. The maximum absolute atomic E-state index is 13.0. The lowest BCUT2D eigenvalue weighted by molar-refractivity contribution is 0.0724. The second-order valence-electron chi connectivity index (χ2n) is 7.95. The van der Waals surface area contributed by atoms with Crippen molar-refractivity contribution in [3.63, 3.8) is 0 Å². The van der Waals surface area contributed by atoms with E-state index in [9.17, 15) is 4.79 Å². The van der Waals surface area contributed by atoms with Gasteiger partial charge in [0.05, 0.1) is 21.6 Å². The highest BCUT2D eigenvalue weighted by atomic mass is 35.5. The number of fused-ring (bicyclic) bond motifs is 1. The number of benzene rings is 2. The number of aryl methyl sites for hydroxylation is 3. The number of amides is 1. The predicted molar refractivity (Wildman–Crippen MR) is 119 cm³/mol. The largest absolute Gasteiger partial charge is 0.339 e. The summed E-state index contributed by atoms with van der Waals surface area (Å²) in [6.07, 6.45) is 3.74. The van der Waals surface area contributed by atoms with Gasteiger partial charge in [0.25, 0.3) is 5.91 Å². The molecular weight excluding hydrogens is 405 g/mol. The van der Waals surface area contributed by atoms with E-state index >= 15 is 0 Å². The van der Waals surface area contributed by atoms with E-state index in [0.29, 0.717) is 22.0 Å². The van der Waals surface area contributed by atoms with Crippen molar-refractivity contribution in [2.24, 2.45) is 7.05 Å². The number of piperidine rings is 1. The van der Waals surface area contributed by atoms with Crippen LogP contribution in [0.2, 0.25) is 10.0 Å². The first-order valence-corrected chi connectivity index (χ1v) is 10.8. The Morgan fingerprint density at radius 1 is 1.10 bits per heavy atom. The van der Waals surface area contributed by atoms with Crippen molar-refractivity contribution in [2.75, 3.05) is 13.1 Å². The molecule has 4 rings (SSSR count). The average Bonchev–Trinajstić information content (AvgIpc) is 3.01. The van der Waals surface area contributed by atoms with Crippen LogP contribution in [0.25, 0.3) is 11.0 Å². The molecule has 1 aliphatic rings. The zero-order chi connectivity index (χ0) is 20.7. The Hall–Kier alpha value is -2.04. The van der Waals surface area contributed by atoms with Crippen LogP contribution in [0.5, 0.6) is 0 Å². The first-order chi connectivity index (χ1) is 13.9. The van der Waals surface area contributed by atoms with Gasteiger partial charge in [-0.2, -0.15) is 0 Å². The summed E-state index contributed by atoms with van der Waals surface area (Å²) in [7, 11) is 2.01. The van der Waals surface area contributed by atoms with Crippen molar-refractivity contribution in [1.82, 2.24) is 14.5 Å². The summed E-state index contributed by atoms with van der Waals surface area (Å²) in [6.45, 7) is 5.74. The van der Waals surface area contributed by atoms with E-state index in [-0.39, 0.29) is 5.91 Å². The second kappa shape index (κ2) is 8.00. The van der Waals surface area contributed by atoms with Crippen LogP contribution in [-0.4, -0.2) is 33.4 Å². The lowest BCUT2D eigenvalue weighted by atomic mass is 10.0. The van der Waals surface area contributed by atoms with Crippen LogP contribution in [0.1, 0.15) is 52.1 Å². The normalized spacial score (nSPS) is 14.6. The Bertz CT molecular complexity index is 1100. The fourth-order valence-corrected chi connectivity index (χ4v) is 4.78. The fraction of sp³-hybridized carbons (Fsp3) is 0.391. The highest BCUT2D eigenvalue weighted by Gasteiger charge is 2.23. The molecule has 0 radical (unpaired) electrons. The van der Waals surface area contributed by atoms with Crippen LogP contribution in [0.15, 0.2) is 24.3 Å². The minimum absolute atomic E-state index is 0.0101. The number of carbonyl (C=O) groups excluding carboxylic acids is 1. The Labute approximate surface area is 181 Å². The van der Waals surface area contributed by atoms with Crippen molar-refractivity contribution < 1.29 is 4.79 Å². The van der Waals surface area contributed by atoms with Crippen LogP contribution in [-0.2, 0) is 13.5 Å². The van der Waals surface area contributed by atoms with Crippen LogP contribution < -0.4 is 0 Å². The molecule has 0 atom stereocenters. The highest BCUT2D eigenvalue weighted by molar-refractivity contribution is 6.38. The summed E-state index contributed by atoms with van der Waals surface area (Å²) >= 11 is 13.2. The smallest absolute Gasteiger partial charge is 0.255 e. The van der Waals surface area contributed by atoms with Crippen LogP contribution in [0.3, 0.4) is 0 Å². The van der Waals surface area contributed by atoms with Gasteiger partial charge in [0.1, 0.15) is 5.82 Å². The Kier molecular flexibility index (Phi) is 5.58. The molecule has 2 heterocycles. The van der Waals surface area contributed by atoms with E-state index in [4.69, 9.17) is 28.2 Å². The third kappa shape index (κ3) is 3.76. The van der Waals surface area contributed by atoms with E-state index in [0.717, 1.165) is 53.9 Å². The summed E-state index contributed by atoms with van der Waals surface area (Å²) in [4.78, 5) is 19.7. The molecule has 0 N–H and O–H groups in total. The van der Waals surface area contributed by atoms with Gasteiger partial charge in [0.2, 0.25) is 0 Å². The lowest BCUT2D eigenvalue weighted by Gasteiger charge is -2.27. The molecule has 29 heavy (non-hydrogen) atoms. The van der Waals surface area contributed by atoms with Gasteiger partial charge in [-0.1, -0.05) is 29.3 Å². The van der Waals surface area contributed by atoms with Crippen molar-refractivity contribution in [2.45, 2.75) is 39.5 Å². The highest BCUT2D eigenvalue weighted by Crippen LogP contribution is 2.32. The molecule has 2 aromatic carbocycles. The van der Waals surface area contributed by atoms with Gasteiger partial charge in [0, 0.05) is 31.6 Å². The number of hydrogen-bond donors (Lipinski definition) is 0. The van der Waals surface area contributed by atoms with Gasteiger partial charge in [-0.3, -0.25) is 4.79 Å². The summed E-state index contributed by atoms with van der Waals surface area (Å²) in [5.74, 6) is 0.865. The minimum atomic E-state index is -0.0101. The second-order valence-corrected chi connectivity index (χ2v) is 8.74. The quantitative estimate of drug-likeness (QED) is 0.534. The number of nitrogens with zero attached hydrogens (tertiary/aromatic N) is 3. The van der Waals surface area contributed by atoms with Gasteiger partial charge in [-0.15, -0.1) is 0 Å². The SMILES string of the molecule is Cc1cc(C)c2nc(Cc3c(Cl)ccc(C(=O)N4CCCCC4)c3Cl)n(C)c2c1. The van der Waals surface area contributed by atoms with Gasteiger partial charge in [-0.05, 0) is 68.0 Å². The van der Waals surface area contributed by atoms with Crippen molar-refractivity contribution in [3.8, 4) is 0 Å². The Morgan fingerprint density at radius 3 is 2.55 bits per heavy atom. The molecule has 152 valence electrons. The first-order valence-electron chi connectivity index (χ1n) is 10.1. The molecule has 1 amide bonds. The standard InChI is InChI=1S/C23H25Cl2N3O/c1-14-11-15(2)22-19(12-14)27(3)20(26-22)13-17-18(24)8-7-16(21(17)25)23(29)28-9-5-4-6-10-28/h7-8,11-12H,4-6,9-10,13H2,1-3H3. The molecule has 1 aromatic heterocycles. The Balaban J connectivity index is 1.72. The van der Waals surface area contributed by atoms with Crippen LogP contribution in [0.4, 0.5) is 0 Å². The third-order valence-corrected chi connectivity index (χ3v) is 6.59. The number of rotatable bonds is 3. The molecule has 0 bridgehead atoms. The van der Waals surface area contributed by atoms with Crippen LogP contribution >= 0.6 is 23.2 Å². The first kappa shape index (κ1) is 20.2. The zero-order valence-corrected chi connectivity index (χ0v) is 18.6. The predicted octanol–water partition coefficient (Wildman–Crippen LogP) is 5.71. The number of hydrogen-bond acceptors (Lipinski definition) is 2. The molecule has 4 nitrogen and oxygen atoms in total. The molecule has 3 aromatic rings. The molecule has 1 fully saturated rings. The number of likely N-dealkylation sites (tertiary alicyclic amines) is 1. The van der Waals surface area contributed by atoms with E-state index in [1.807, 2.05) is 11.9 Å². The molecule has 0 aliphatic carbocycles. The molecule has 0 saturated carbocycles. The van der Waals surface area contributed by atoms with Crippen LogP contribution in [0, 0.1) is 13.8 Å². The monoisotopic (exact) mass is 429 g/mol. The lowest BCUT2D eigenvalue weighted by Crippen LogP contribution is -2.35. The van der Waals surface area contributed by atoms with Crippen molar-refractivity contribution in [3.05, 3.63) is 62.4 Å². The molecule has 0 spiro atoms. The molecule has 6 heteroatoms. The summed E-state index contributed by atoms with van der Waals surface area (Å²) in [5.41, 5.74) is 5.71. The zero-order valence-electron chi connectivity index (χ0n) is 17.1. The number of halogens is 2. The number of carbonyl (C=O) groups is 1. The van der Waals surface area contributed by atoms with Gasteiger partial charge in [-0.25, -0.2) is 4.98 Å². The molecular formula is C23H25Cl2N3O. The van der Waals surface area contributed by atoms with Crippen molar-refractivity contribution in [1.29, 1.82) is 0 Å². The maximum Gasteiger partial charge on any atom is 0.255 e. The van der Waals surface area contributed by atoms with E-state index in [2.05, 4.69) is 30.5 Å². The fourth-order valence-electron chi connectivity index (χ4n) is 4.19. The Morgan fingerprint density at radius 2 is 1.83 bits per heavy atom. The van der Waals surface area contributed by atoms with E-state index in [1.165, 1.54) is 12.0 Å². The molecule has 1 aliphatic heterocycles. The van der Waals surface area contributed by atoms with Gasteiger partial charge in [0.15, 0.2) is 0 Å². The van der Waals surface area contributed by atoms with Gasteiger partial charge < -0.3 is 9.47 Å². The van der Waals surface area contributed by atoms with Crippen molar-refractivity contribution >= 4 is 40.1 Å². The summed E-state index contributed by atoms with van der Waals surface area (Å²) < 4.78 is 2.08. The number of imidazole rings is 1.